The number of fused-ring (bicyclic) bond motifs is 1. The van der Waals surface area contributed by atoms with Crippen LogP contribution >= 0.6 is 0 Å². The van der Waals surface area contributed by atoms with E-state index in [1.807, 2.05) is 18.2 Å². The molecule has 2 unspecified atom stereocenters. The Morgan fingerprint density at radius 1 is 1.06 bits per heavy atom. The second-order valence-corrected chi connectivity index (χ2v) is 8.32. The van der Waals surface area contributed by atoms with Gasteiger partial charge in [0.25, 0.3) is 0 Å². The smallest absolute Gasteiger partial charge is 0.416 e. The lowest BCUT2D eigenvalue weighted by Gasteiger charge is -2.33. The fourth-order valence-electron chi connectivity index (χ4n) is 4.09. The van der Waals surface area contributed by atoms with Gasteiger partial charge in [-0.3, -0.25) is 0 Å². The number of rotatable bonds is 10. The molecule has 0 bridgehead atoms. The Kier molecular flexibility index (Phi) is 8.40. The van der Waals surface area contributed by atoms with E-state index in [2.05, 4.69) is 12.2 Å². The molecule has 1 heterocycles. The summed E-state index contributed by atoms with van der Waals surface area (Å²) in [6, 6.07) is 8.21. The first-order chi connectivity index (χ1) is 15.3. The molecule has 176 valence electrons. The predicted molar refractivity (Wildman–Crippen MR) is 116 cm³/mol. The molecule has 2 atom stereocenters. The Labute approximate surface area is 187 Å². The summed E-state index contributed by atoms with van der Waals surface area (Å²) in [5.41, 5.74) is 0.168. The van der Waals surface area contributed by atoms with Gasteiger partial charge in [0.05, 0.1) is 12.7 Å². The first kappa shape index (κ1) is 24.4. The van der Waals surface area contributed by atoms with E-state index >= 15 is 0 Å². The van der Waals surface area contributed by atoms with Crippen LogP contribution in [0.15, 0.2) is 36.4 Å². The van der Waals surface area contributed by atoms with Crippen molar-refractivity contribution < 1.29 is 27.0 Å². The van der Waals surface area contributed by atoms with Crippen molar-refractivity contribution >= 4 is 0 Å². The van der Waals surface area contributed by atoms with E-state index in [4.69, 9.17) is 9.47 Å². The van der Waals surface area contributed by atoms with Gasteiger partial charge >= 0.3 is 6.18 Å². The highest BCUT2D eigenvalue weighted by Crippen LogP contribution is 2.39. The average Bonchev–Trinajstić information content (AvgIpc) is 2.76. The second kappa shape index (κ2) is 11.0. The van der Waals surface area contributed by atoms with Crippen molar-refractivity contribution in [1.29, 1.82) is 0 Å². The van der Waals surface area contributed by atoms with Gasteiger partial charge in [0.1, 0.15) is 23.4 Å². The Hall–Kier alpha value is -2.28. The minimum absolute atomic E-state index is 0.0196. The minimum atomic E-state index is -4.56. The number of benzene rings is 2. The zero-order chi connectivity index (χ0) is 23.1. The summed E-state index contributed by atoms with van der Waals surface area (Å²) < 4.78 is 64.3. The lowest BCUT2D eigenvalue weighted by Crippen LogP contribution is -2.33. The van der Waals surface area contributed by atoms with E-state index in [9.17, 15) is 17.6 Å². The summed E-state index contributed by atoms with van der Waals surface area (Å²) in [5.74, 6) is 0.571. The van der Waals surface area contributed by atoms with Crippen LogP contribution in [0.3, 0.4) is 0 Å². The Morgan fingerprint density at radius 2 is 1.84 bits per heavy atom. The van der Waals surface area contributed by atoms with Crippen LogP contribution in [0.4, 0.5) is 17.6 Å². The van der Waals surface area contributed by atoms with Crippen molar-refractivity contribution in [3.05, 3.63) is 58.9 Å². The van der Waals surface area contributed by atoms with Crippen LogP contribution < -0.4 is 14.8 Å². The Balaban J connectivity index is 1.70. The highest BCUT2D eigenvalue weighted by Gasteiger charge is 2.32. The van der Waals surface area contributed by atoms with Crippen LogP contribution in [-0.4, -0.2) is 13.2 Å². The molecule has 0 radical (unpaired) electrons. The number of ether oxygens (including phenoxy) is 2. The van der Waals surface area contributed by atoms with Crippen LogP contribution in [-0.2, 0) is 12.7 Å². The van der Waals surface area contributed by atoms with E-state index in [0.717, 1.165) is 43.1 Å². The quantitative estimate of drug-likeness (QED) is 0.305. The van der Waals surface area contributed by atoms with E-state index in [0.29, 0.717) is 11.8 Å². The number of unbranched alkanes of at least 4 members (excludes halogenated alkanes) is 4. The molecular formula is C25H31F4NO2. The predicted octanol–water partition coefficient (Wildman–Crippen LogP) is 7.20. The molecule has 2 aromatic carbocycles. The maximum Gasteiger partial charge on any atom is 0.416 e. The molecule has 7 heteroatoms. The second-order valence-electron chi connectivity index (χ2n) is 8.32. The summed E-state index contributed by atoms with van der Waals surface area (Å²) >= 11 is 0. The van der Waals surface area contributed by atoms with Crippen molar-refractivity contribution in [3.63, 3.8) is 0 Å². The molecule has 0 saturated carbocycles. The Bertz CT molecular complexity index is 885. The highest BCUT2D eigenvalue weighted by atomic mass is 19.4. The fourth-order valence-corrected chi connectivity index (χ4v) is 4.09. The van der Waals surface area contributed by atoms with Crippen LogP contribution in [0.2, 0.25) is 0 Å². The third-order valence-corrected chi connectivity index (χ3v) is 5.94. The minimum Gasteiger partial charge on any atom is -0.497 e. The fraction of sp³-hybridized carbons (Fsp3) is 0.520. The van der Waals surface area contributed by atoms with Gasteiger partial charge < -0.3 is 14.8 Å². The van der Waals surface area contributed by atoms with E-state index in [1.165, 1.54) is 25.3 Å². The molecule has 0 saturated heterocycles. The number of methoxy groups -OCH3 is 1. The third-order valence-electron chi connectivity index (χ3n) is 5.94. The number of hydrogen-bond donors (Lipinski definition) is 1. The van der Waals surface area contributed by atoms with Crippen molar-refractivity contribution in [3.8, 4) is 11.5 Å². The molecule has 32 heavy (non-hydrogen) atoms. The lowest BCUT2D eigenvalue weighted by molar-refractivity contribution is -0.137. The van der Waals surface area contributed by atoms with Gasteiger partial charge in [-0.1, -0.05) is 44.7 Å². The molecule has 1 aliphatic rings. The van der Waals surface area contributed by atoms with E-state index in [1.54, 1.807) is 7.11 Å². The average molecular weight is 454 g/mol. The zero-order valence-electron chi connectivity index (χ0n) is 18.6. The van der Waals surface area contributed by atoms with E-state index < -0.39 is 17.6 Å². The summed E-state index contributed by atoms with van der Waals surface area (Å²) in [7, 11) is 1.60. The largest absolute Gasteiger partial charge is 0.497 e. The number of halogens is 4. The molecule has 3 rings (SSSR count). The summed E-state index contributed by atoms with van der Waals surface area (Å²) in [6.07, 6.45) is 2.97. The topological polar surface area (TPSA) is 30.5 Å². The van der Waals surface area contributed by atoms with Gasteiger partial charge in [0.15, 0.2) is 0 Å². The lowest BCUT2D eigenvalue weighted by atomic mass is 9.93. The zero-order valence-corrected chi connectivity index (χ0v) is 18.6. The van der Waals surface area contributed by atoms with Crippen molar-refractivity contribution in [2.24, 2.45) is 0 Å². The molecule has 1 aliphatic heterocycles. The van der Waals surface area contributed by atoms with Crippen LogP contribution in [0.5, 0.6) is 11.5 Å². The molecule has 0 fully saturated rings. The van der Waals surface area contributed by atoms with Gasteiger partial charge in [-0.2, -0.15) is 13.2 Å². The molecule has 0 aliphatic carbocycles. The van der Waals surface area contributed by atoms with Gasteiger partial charge in [0, 0.05) is 36.2 Å². The van der Waals surface area contributed by atoms with Crippen molar-refractivity contribution in [1.82, 2.24) is 5.32 Å². The van der Waals surface area contributed by atoms with Gasteiger partial charge in [-0.15, -0.1) is 0 Å². The third kappa shape index (κ3) is 6.37. The number of hydrogen-bond acceptors (Lipinski definition) is 3. The molecule has 0 amide bonds. The monoisotopic (exact) mass is 453 g/mol. The molecular weight excluding hydrogens is 422 g/mol. The molecule has 1 N–H and O–H groups in total. The first-order valence-corrected chi connectivity index (χ1v) is 11.3. The van der Waals surface area contributed by atoms with Gasteiger partial charge in [-0.25, -0.2) is 4.39 Å². The van der Waals surface area contributed by atoms with Crippen molar-refractivity contribution in [2.45, 2.75) is 76.7 Å². The molecule has 0 spiro atoms. The Morgan fingerprint density at radius 3 is 2.53 bits per heavy atom. The molecule has 0 aromatic heterocycles. The van der Waals surface area contributed by atoms with Gasteiger partial charge in [-0.05, 0) is 31.0 Å². The van der Waals surface area contributed by atoms with E-state index in [-0.39, 0.29) is 24.3 Å². The summed E-state index contributed by atoms with van der Waals surface area (Å²) in [6.45, 7) is 2.31. The SMILES string of the molecule is CCCCCCCC1CC(NCc2ccc(C(F)(F)F)cc2F)c2ccc(OC)cc2O1. The summed E-state index contributed by atoms with van der Waals surface area (Å²) in [4.78, 5) is 0. The molecule has 2 aromatic rings. The summed E-state index contributed by atoms with van der Waals surface area (Å²) in [5, 5.41) is 3.33. The van der Waals surface area contributed by atoms with Crippen LogP contribution in [0.25, 0.3) is 0 Å². The van der Waals surface area contributed by atoms with Crippen molar-refractivity contribution in [2.75, 3.05) is 7.11 Å². The maximum absolute atomic E-state index is 14.3. The normalized spacial score (nSPS) is 18.2. The highest BCUT2D eigenvalue weighted by molar-refractivity contribution is 5.44. The number of alkyl halides is 3. The van der Waals surface area contributed by atoms with Gasteiger partial charge in [0.2, 0.25) is 0 Å². The molecule has 3 nitrogen and oxygen atoms in total. The maximum atomic E-state index is 14.3. The standard InChI is InChI=1S/C25H31F4NO2/c1-3-4-5-6-7-8-20-14-23(21-12-11-19(31-2)15-24(21)32-20)30-16-17-9-10-18(13-22(17)26)25(27,28)29/h9-13,15,20,23,30H,3-8,14,16H2,1-2H3. The van der Waals surface area contributed by atoms with Crippen LogP contribution in [0.1, 0.15) is 74.6 Å². The first-order valence-electron chi connectivity index (χ1n) is 11.3. The number of nitrogens with one attached hydrogen (secondary N) is 1. The van der Waals surface area contributed by atoms with Crippen LogP contribution in [0, 0.1) is 5.82 Å².